The average Bonchev–Trinajstić information content (AvgIpc) is 3.02. The number of likely N-dealkylation sites (tertiary alicyclic amines) is 1. The van der Waals surface area contributed by atoms with E-state index in [2.05, 4.69) is 17.0 Å². The Hall–Kier alpha value is -1.55. The molecule has 1 aliphatic heterocycles. The summed E-state index contributed by atoms with van der Waals surface area (Å²) in [7, 11) is 2.01. The number of amides is 1. The van der Waals surface area contributed by atoms with Crippen molar-refractivity contribution in [3.63, 3.8) is 0 Å². The van der Waals surface area contributed by atoms with Crippen molar-refractivity contribution in [2.45, 2.75) is 39.3 Å². The fourth-order valence-electron chi connectivity index (χ4n) is 2.67. The second-order valence-corrected chi connectivity index (χ2v) is 5.70. The summed E-state index contributed by atoms with van der Waals surface area (Å²) in [6.45, 7) is 7.26. The first-order valence-corrected chi connectivity index (χ1v) is 7.82. The van der Waals surface area contributed by atoms with Gasteiger partial charge in [-0.05, 0) is 51.4 Å². The summed E-state index contributed by atoms with van der Waals surface area (Å²) >= 11 is 0. The van der Waals surface area contributed by atoms with E-state index in [1.165, 1.54) is 5.56 Å². The van der Waals surface area contributed by atoms with Gasteiger partial charge < -0.3 is 9.64 Å². The topological polar surface area (TPSA) is 32.8 Å². The quantitative estimate of drug-likeness (QED) is 0.807. The summed E-state index contributed by atoms with van der Waals surface area (Å²) in [5.74, 6) is 1.14. The fraction of sp³-hybridized carbons (Fsp3) is 0.588. The number of benzene rings is 1. The molecule has 0 aliphatic carbocycles. The molecular formula is C17H26N2O2. The van der Waals surface area contributed by atoms with Gasteiger partial charge in [0.1, 0.15) is 5.75 Å². The maximum Gasteiger partial charge on any atom is 0.239 e. The Kier molecular flexibility index (Phi) is 5.62. The van der Waals surface area contributed by atoms with Crippen LogP contribution in [0.25, 0.3) is 0 Å². The molecule has 2 rings (SSSR count). The van der Waals surface area contributed by atoms with Crippen molar-refractivity contribution in [1.82, 2.24) is 9.80 Å². The molecular weight excluding hydrogens is 264 g/mol. The zero-order valence-electron chi connectivity index (χ0n) is 13.3. The highest BCUT2D eigenvalue weighted by molar-refractivity contribution is 5.81. The van der Waals surface area contributed by atoms with Crippen LogP contribution >= 0.6 is 0 Å². The average molecular weight is 290 g/mol. The normalized spacial score (nSPS) is 16.3. The molecule has 4 nitrogen and oxygen atoms in total. The molecule has 116 valence electrons. The Morgan fingerprint density at radius 2 is 1.90 bits per heavy atom. The molecule has 1 aliphatic rings. The molecule has 0 radical (unpaired) electrons. The second kappa shape index (κ2) is 7.46. The van der Waals surface area contributed by atoms with E-state index >= 15 is 0 Å². The first-order chi connectivity index (χ1) is 10.1. The zero-order chi connectivity index (χ0) is 15.2. The van der Waals surface area contributed by atoms with Crippen molar-refractivity contribution >= 4 is 5.91 Å². The lowest BCUT2D eigenvalue weighted by molar-refractivity contribution is -0.135. The van der Waals surface area contributed by atoms with Crippen LogP contribution in [0.15, 0.2) is 24.3 Å². The van der Waals surface area contributed by atoms with Gasteiger partial charge in [-0.1, -0.05) is 12.1 Å². The summed E-state index contributed by atoms with van der Waals surface area (Å²) in [5, 5.41) is 0. The molecule has 1 aromatic rings. The third-order valence-electron chi connectivity index (χ3n) is 4.10. The molecule has 0 bridgehead atoms. The van der Waals surface area contributed by atoms with Gasteiger partial charge in [0.25, 0.3) is 0 Å². The molecule has 0 aromatic heterocycles. The van der Waals surface area contributed by atoms with Crippen molar-refractivity contribution < 1.29 is 9.53 Å². The van der Waals surface area contributed by atoms with Gasteiger partial charge in [-0.3, -0.25) is 9.69 Å². The van der Waals surface area contributed by atoms with Gasteiger partial charge in [0.2, 0.25) is 5.91 Å². The zero-order valence-corrected chi connectivity index (χ0v) is 13.3. The maximum atomic E-state index is 12.4. The van der Waals surface area contributed by atoms with E-state index in [-0.39, 0.29) is 11.9 Å². The summed E-state index contributed by atoms with van der Waals surface area (Å²) in [6.07, 6.45) is 2.28. The molecule has 1 amide bonds. The van der Waals surface area contributed by atoms with Crippen LogP contribution in [0.3, 0.4) is 0 Å². The highest BCUT2D eigenvalue weighted by Crippen LogP contribution is 2.16. The molecule has 1 aromatic carbocycles. The van der Waals surface area contributed by atoms with E-state index < -0.39 is 0 Å². The lowest BCUT2D eigenvalue weighted by Crippen LogP contribution is -2.44. The van der Waals surface area contributed by atoms with Crippen LogP contribution < -0.4 is 4.74 Å². The van der Waals surface area contributed by atoms with Crippen molar-refractivity contribution in [2.75, 3.05) is 26.7 Å². The van der Waals surface area contributed by atoms with Crippen LogP contribution in [0.4, 0.5) is 0 Å². The number of carbonyl (C=O) groups excluding carboxylic acids is 1. The van der Waals surface area contributed by atoms with Crippen LogP contribution in [0, 0.1) is 0 Å². The lowest BCUT2D eigenvalue weighted by atomic mass is 10.1. The van der Waals surface area contributed by atoms with Gasteiger partial charge in [-0.2, -0.15) is 0 Å². The van der Waals surface area contributed by atoms with Gasteiger partial charge >= 0.3 is 0 Å². The number of rotatable bonds is 6. The van der Waals surface area contributed by atoms with Crippen molar-refractivity contribution in [2.24, 2.45) is 0 Å². The molecule has 0 saturated carbocycles. The minimum Gasteiger partial charge on any atom is -0.494 e. The van der Waals surface area contributed by atoms with E-state index in [0.29, 0.717) is 6.61 Å². The fourth-order valence-corrected chi connectivity index (χ4v) is 2.67. The maximum absolute atomic E-state index is 12.4. The first kappa shape index (κ1) is 15.8. The second-order valence-electron chi connectivity index (χ2n) is 5.70. The number of nitrogens with zero attached hydrogens (tertiary/aromatic N) is 2. The van der Waals surface area contributed by atoms with E-state index in [1.54, 1.807) is 0 Å². The Labute approximate surface area is 127 Å². The summed E-state index contributed by atoms with van der Waals surface area (Å²) in [4.78, 5) is 16.5. The van der Waals surface area contributed by atoms with Gasteiger partial charge in [-0.25, -0.2) is 0 Å². The Morgan fingerprint density at radius 1 is 1.29 bits per heavy atom. The third-order valence-corrected chi connectivity index (χ3v) is 4.10. The van der Waals surface area contributed by atoms with Crippen LogP contribution in [-0.4, -0.2) is 48.5 Å². The smallest absolute Gasteiger partial charge is 0.239 e. The molecule has 0 spiro atoms. The predicted molar refractivity (Wildman–Crippen MR) is 84.4 cm³/mol. The predicted octanol–water partition coefficient (Wildman–Crippen LogP) is 2.53. The van der Waals surface area contributed by atoms with Crippen LogP contribution in [-0.2, 0) is 11.3 Å². The molecule has 4 heteroatoms. The summed E-state index contributed by atoms with van der Waals surface area (Å²) in [5.41, 5.74) is 1.20. The molecule has 1 atom stereocenters. The highest BCUT2D eigenvalue weighted by atomic mass is 16.5. The number of carbonyl (C=O) groups is 1. The minimum atomic E-state index is -0.0744. The molecule has 1 saturated heterocycles. The van der Waals surface area contributed by atoms with Gasteiger partial charge in [0.15, 0.2) is 0 Å². The molecule has 1 unspecified atom stereocenters. The monoisotopic (exact) mass is 290 g/mol. The highest BCUT2D eigenvalue weighted by Gasteiger charge is 2.25. The minimum absolute atomic E-state index is 0.0744. The Balaban J connectivity index is 1.90. The standard InChI is InChI=1S/C17H26N2O2/c1-4-21-16-9-7-15(8-10-16)13-18(3)14(2)17(20)19-11-5-6-12-19/h7-10,14H,4-6,11-13H2,1-3H3. The van der Waals surface area contributed by atoms with E-state index in [1.807, 2.05) is 37.9 Å². The van der Waals surface area contributed by atoms with Crippen molar-refractivity contribution in [1.29, 1.82) is 0 Å². The molecule has 21 heavy (non-hydrogen) atoms. The van der Waals surface area contributed by atoms with Gasteiger partial charge in [0, 0.05) is 19.6 Å². The first-order valence-electron chi connectivity index (χ1n) is 7.82. The lowest BCUT2D eigenvalue weighted by Gasteiger charge is -2.28. The Bertz CT molecular complexity index is 452. The van der Waals surface area contributed by atoms with E-state index in [9.17, 15) is 4.79 Å². The molecule has 1 heterocycles. The third kappa shape index (κ3) is 4.21. The van der Waals surface area contributed by atoms with Crippen LogP contribution in [0.2, 0.25) is 0 Å². The van der Waals surface area contributed by atoms with Crippen molar-refractivity contribution in [3.05, 3.63) is 29.8 Å². The van der Waals surface area contributed by atoms with Gasteiger partial charge in [0.05, 0.1) is 12.6 Å². The van der Waals surface area contributed by atoms with E-state index in [0.717, 1.165) is 38.2 Å². The van der Waals surface area contributed by atoms with Gasteiger partial charge in [-0.15, -0.1) is 0 Å². The largest absolute Gasteiger partial charge is 0.494 e. The summed E-state index contributed by atoms with van der Waals surface area (Å²) in [6, 6.07) is 8.03. The number of ether oxygens (including phenoxy) is 1. The Morgan fingerprint density at radius 3 is 2.48 bits per heavy atom. The number of hydrogen-bond acceptors (Lipinski definition) is 3. The van der Waals surface area contributed by atoms with Crippen molar-refractivity contribution in [3.8, 4) is 5.75 Å². The number of likely N-dealkylation sites (N-methyl/N-ethyl adjacent to an activating group) is 1. The number of hydrogen-bond donors (Lipinski definition) is 0. The SMILES string of the molecule is CCOc1ccc(CN(C)C(C)C(=O)N2CCCC2)cc1. The summed E-state index contributed by atoms with van der Waals surface area (Å²) < 4.78 is 5.44. The molecule has 1 fully saturated rings. The molecule has 0 N–H and O–H groups in total. The van der Waals surface area contributed by atoms with E-state index in [4.69, 9.17) is 4.74 Å². The van der Waals surface area contributed by atoms with Crippen LogP contribution in [0.1, 0.15) is 32.3 Å². The van der Waals surface area contributed by atoms with Crippen LogP contribution in [0.5, 0.6) is 5.75 Å².